The molecule has 0 aromatic carbocycles. The van der Waals surface area contributed by atoms with E-state index in [1.165, 1.54) is 18.0 Å². The Morgan fingerprint density at radius 3 is 3.08 bits per heavy atom. The van der Waals surface area contributed by atoms with Crippen LogP contribution in [0, 0.1) is 5.92 Å². The first-order chi connectivity index (χ1) is 12.3. The van der Waals surface area contributed by atoms with Crippen molar-refractivity contribution >= 4 is 5.91 Å². The third kappa shape index (κ3) is 3.57. The highest BCUT2D eigenvalue weighted by Crippen LogP contribution is 2.35. The van der Waals surface area contributed by atoms with Gasteiger partial charge in [-0.3, -0.25) is 9.69 Å². The summed E-state index contributed by atoms with van der Waals surface area (Å²) in [5.74, 6) is 0.236. The highest BCUT2D eigenvalue weighted by atomic mass is 16.5. The number of nitrogens with zero attached hydrogens (tertiary/aromatic N) is 3. The van der Waals surface area contributed by atoms with Crippen LogP contribution in [0.3, 0.4) is 0 Å². The van der Waals surface area contributed by atoms with E-state index in [-0.39, 0.29) is 12.0 Å². The molecule has 3 heterocycles. The maximum atomic E-state index is 12.2. The van der Waals surface area contributed by atoms with Crippen LogP contribution in [0.15, 0.2) is 41.5 Å². The summed E-state index contributed by atoms with van der Waals surface area (Å²) < 4.78 is 11.2. The molecule has 2 aromatic rings. The maximum Gasteiger partial charge on any atom is 0.252 e. The molecule has 0 spiro atoms. The molecule has 25 heavy (non-hydrogen) atoms. The SMILES string of the molecule is O=C(NC[C@@H]1CC[C@@H]2[C@@H]1OCCN2Cc1ccoc1)c1ccnnc1. The monoisotopic (exact) mass is 342 g/mol. The lowest BCUT2D eigenvalue weighted by molar-refractivity contribution is -0.0757. The number of fused-ring (bicyclic) bond motifs is 1. The zero-order valence-corrected chi connectivity index (χ0v) is 14.0. The fraction of sp³-hybridized carbons (Fsp3) is 0.500. The Morgan fingerprint density at radius 1 is 1.32 bits per heavy atom. The average Bonchev–Trinajstić information content (AvgIpc) is 3.31. The lowest BCUT2D eigenvalue weighted by Crippen LogP contribution is -2.50. The van der Waals surface area contributed by atoms with E-state index in [4.69, 9.17) is 9.15 Å². The molecule has 132 valence electrons. The van der Waals surface area contributed by atoms with E-state index >= 15 is 0 Å². The number of carbonyl (C=O) groups is 1. The van der Waals surface area contributed by atoms with Crippen LogP contribution in [0.5, 0.6) is 0 Å². The minimum absolute atomic E-state index is 0.107. The number of amides is 1. The standard InChI is InChI=1S/C18H22N4O3/c23-18(15-3-5-20-21-10-15)19-9-14-1-2-16-17(14)25-8-6-22(16)11-13-4-7-24-12-13/h3-5,7,10,12,14,16-17H,1-2,6,8-9,11H2,(H,19,23)/t14-,16+,17+/m0/s1. The number of hydrogen-bond donors (Lipinski definition) is 1. The number of furan rings is 1. The normalized spacial score (nSPS) is 26.3. The fourth-order valence-corrected chi connectivity index (χ4v) is 3.92. The van der Waals surface area contributed by atoms with Crippen LogP contribution in [-0.2, 0) is 11.3 Å². The van der Waals surface area contributed by atoms with Crippen molar-refractivity contribution in [2.75, 3.05) is 19.7 Å². The van der Waals surface area contributed by atoms with E-state index in [1.807, 2.05) is 6.07 Å². The number of ether oxygens (including phenoxy) is 1. The summed E-state index contributed by atoms with van der Waals surface area (Å²) in [6, 6.07) is 4.09. The maximum absolute atomic E-state index is 12.2. The molecule has 1 N–H and O–H groups in total. The summed E-state index contributed by atoms with van der Waals surface area (Å²) in [4.78, 5) is 14.7. The summed E-state index contributed by atoms with van der Waals surface area (Å²) in [5.41, 5.74) is 1.73. The third-order valence-corrected chi connectivity index (χ3v) is 5.17. The van der Waals surface area contributed by atoms with Gasteiger partial charge in [-0.2, -0.15) is 10.2 Å². The molecule has 0 unspecified atom stereocenters. The molecule has 1 aliphatic carbocycles. The van der Waals surface area contributed by atoms with E-state index in [1.54, 1.807) is 18.6 Å². The highest BCUT2D eigenvalue weighted by Gasteiger charge is 2.42. The van der Waals surface area contributed by atoms with Crippen molar-refractivity contribution in [1.29, 1.82) is 0 Å². The molecule has 2 fully saturated rings. The van der Waals surface area contributed by atoms with Gasteiger partial charge in [0.1, 0.15) is 0 Å². The Balaban J connectivity index is 1.34. The van der Waals surface area contributed by atoms with Gasteiger partial charge < -0.3 is 14.5 Å². The van der Waals surface area contributed by atoms with Crippen molar-refractivity contribution in [3.05, 3.63) is 48.2 Å². The molecule has 0 radical (unpaired) electrons. The Kier molecular flexibility index (Phi) is 4.76. The molecule has 4 rings (SSSR count). The van der Waals surface area contributed by atoms with Gasteiger partial charge in [-0.1, -0.05) is 0 Å². The lowest BCUT2D eigenvalue weighted by atomic mass is 10.0. The first-order valence-electron chi connectivity index (χ1n) is 8.73. The van der Waals surface area contributed by atoms with Crippen molar-refractivity contribution in [3.8, 4) is 0 Å². The van der Waals surface area contributed by atoms with Crippen molar-refractivity contribution in [1.82, 2.24) is 20.4 Å². The largest absolute Gasteiger partial charge is 0.472 e. The van der Waals surface area contributed by atoms with E-state index < -0.39 is 0 Å². The minimum Gasteiger partial charge on any atom is -0.472 e. The summed E-state index contributed by atoms with van der Waals surface area (Å²) in [7, 11) is 0. The molecule has 7 heteroatoms. The van der Waals surface area contributed by atoms with Crippen LogP contribution < -0.4 is 5.32 Å². The van der Waals surface area contributed by atoms with Gasteiger partial charge in [0.15, 0.2) is 0 Å². The molecule has 2 aromatic heterocycles. The van der Waals surface area contributed by atoms with E-state index in [9.17, 15) is 4.79 Å². The molecule has 1 saturated heterocycles. The van der Waals surface area contributed by atoms with Crippen molar-refractivity contribution in [2.24, 2.45) is 5.92 Å². The van der Waals surface area contributed by atoms with Crippen LogP contribution in [0.1, 0.15) is 28.8 Å². The van der Waals surface area contributed by atoms with Crippen LogP contribution in [0.4, 0.5) is 0 Å². The molecule has 7 nitrogen and oxygen atoms in total. The Hall–Kier alpha value is -2.25. The number of carbonyl (C=O) groups excluding carboxylic acids is 1. The summed E-state index contributed by atoms with van der Waals surface area (Å²) >= 11 is 0. The highest BCUT2D eigenvalue weighted by molar-refractivity contribution is 5.93. The second-order valence-electron chi connectivity index (χ2n) is 6.68. The first-order valence-corrected chi connectivity index (χ1v) is 8.73. The molecule has 3 atom stereocenters. The quantitative estimate of drug-likeness (QED) is 0.886. The zero-order valence-electron chi connectivity index (χ0n) is 14.0. The molecule has 1 aliphatic heterocycles. The number of aromatic nitrogens is 2. The number of hydrogen-bond acceptors (Lipinski definition) is 6. The van der Waals surface area contributed by atoms with Crippen molar-refractivity contribution in [3.63, 3.8) is 0 Å². The smallest absolute Gasteiger partial charge is 0.252 e. The molecular formula is C18H22N4O3. The Bertz CT molecular complexity index is 692. The number of morpholine rings is 1. The first kappa shape index (κ1) is 16.2. The van der Waals surface area contributed by atoms with Gasteiger partial charge in [0, 0.05) is 37.2 Å². The minimum atomic E-state index is -0.107. The summed E-state index contributed by atoms with van der Waals surface area (Å²) in [6.07, 6.45) is 8.87. The van der Waals surface area contributed by atoms with Gasteiger partial charge in [-0.25, -0.2) is 0 Å². The molecule has 0 bridgehead atoms. The fourth-order valence-electron chi connectivity index (χ4n) is 3.92. The van der Waals surface area contributed by atoms with Crippen molar-refractivity contribution in [2.45, 2.75) is 31.5 Å². The molecule has 1 amide bonds. The van der Waals surface area contributed by atoms with Crippen LogP contribution in [0.2, 0.25) is 0 Å². The van der Waals surface area contributed by atoms with Crippen LogP contribution in [-0.4, -0.2) is 52.8 Å². The predicted octanol–water partition coefficient (Wildman–Crippen LogP) is 1.48. The molecule has 2 aliphatic rings. The third-order valence-electron chi connectivity index (χ3n) is 5.17. The summed E-state index contributed by atoms with van der Waals surface area (Å²) in [5, 5.41) is 10.5. The summed E-state index contributed by atoms with van der Waals surface area (Å²) in [6.45, 7) is 3.19. The number of nitrogens with one attached hydrogen (secondary N) is 1. The van der Waals surface area contributed by atoms with Gasteiger partial charge >= 0.3 is 0 Å². The number of rotatable bonds is 5. The van der Waals surface area contributed by atoms with E-state index in [2.05, 4.69) is 20.4 Å². The van der Waals surface area contributed by atoms with Gasteiger partial charge in [-0.15, -0.1) is 0 Å². The Morgan fingerprint density at radius 2 is 2.28 bits per heavy atom. The van der Waals surface area contributed by atoms with Crippen molar-refractivity contribution < 1.29 is 13.9 Å². The van der Waals surface area contributed by atoms with E-state index in [0.717, 1.165) is 32.5 Å². The van der Waals surface area contributed by atoms with Gasteiger partial charge in [0.25, 0.3) is 5.91 Å². The van der Waals surface area contributed by atoms with Gasteiger partial charge in [-0.05, 0) is 25.0 Å². The predicted molar refractivity (Wildman–Crippen MR) is 89.7 cm³/mol. The Labute approximate surface area is 146 Å². The second kappa shape index (κ2) is 7.33. The van der Waals surface area contributed by atoms with Crippen LogP contribution >= 0.6 is 0 Å². The molecular weight excluding hydrogens is 320 g/mol. The van der Waals surface area contributed by atoms with Gasteiger partial charge in [0.05, 0.1) is 43.2 Å². The van der Waals surface area contributed by atoms with E-state index in [0.29, 0.717) is 24.1 Å². The average molecular weight is 342 g/mol. The zero-order chi connectivity index (χ0) is 17.1. The van der Waals surface area contributed by atoms with Crippen LogP contribution in [0.25, 0.3) is 0 Å². The molecule has 1 saturated carbocycles. The second-order valence-corrected chi connectivity index (χ2v) is 6.68. The topological polar surface area (TPSA) is 80.5 Å². The lowest BCUT2D eigenvalue weighted by Gasteiger charge is -2.39. The van der Waals surface area contributed by atoms with Gasteiger partial charge in [0.2, 0.25) is 0 Å².